The molecule has 7 nitrogen and oxygen atoms in total. The summed E-state index contributed by atoms with van der Waals surface area (Å²) in [7, 11) is 0. The van der Waals surface area contributed by atoms with Gasteiger partial charge in [-0.1, -0.05) is 24.3 Å². The third-order valence-electron chi connectivity index (χ3n) is 5.47. The average molecular weight is 418 g/mol. The molecular weight excluding hydrogens is 390 g/mol. The van der Waals surface area contributed by atoms with E-state index in [4.69, 9.17) is 0 Å². The second-order valence-corrected chi connectivity index (χ2v) is 7.96. The molecule has 0 saturated carbocycles. The highest BCUT2D eigenvalue weighted by Crippen LogP contribution is 2.22. The molecule has 2 aromatic carbocycles. The van der Waals surface area contributed by atoms with Gasteiger partial charge in [0.25, 0.3) is 0 Å². The van der Waals surface area contributed by atoms with Gasteiger partial charge in [-0.05, 0) is 63.1 Å². The molecule has 1 saturated heterocycles. The number of likely N-dealkylation sites (tertiary alicyclic amines) is 1. The van der Waals surface area contributed by atoms with Crippen LogP contribution in [0.5, 0.6) is 0 Å². The van der Waals surface area contributed by atoms with Gasteiger partial charge in [0.05, 0.1) is 17.3 Å². The number of hydrogen-bond donors (Lipinski definition) is 2. The fourth-order valence-corrected chi connectivity index (χ4v) is 3.95. The Hall–Kier alpha value is -3.61. The highest BCUT2D eigenvalue weighted by Gasteiger charge is 2.28. The number of aryl methyl sites for hydroxylation is 2. The number of carbonyl (C=O) groups is 2. The normalized spacial score (nSPS) is 16.1. The molecule has 1 aromatic heterocycles. The summed E-state index contributed by atoms with van der Waals surface area (Å²) in [5.74, 6) is -0.310. The quantitative estimate of drug-likeness (QED) is 0.661. The van der Waals surface area contributed by atoms with E-state index >= 15 is 0 Å². The number of nitrogens with zero attached hydrogens (tertiary/aromatic N) is 3. The molecule has 0 spiro atoms. The second-order valence-electron chi connectivity index (χ2n) is 7.96. The third kappa shape index (κ3) is 4.94. The molecule has 1 unspecified atom stereocenters. The average Bonchev–Trinajstić information content (AvgIpc) is 3.12. The molecule has 0 radical (unpaired) electrons. The van der Waals surface area contributed by atoms with E-state index in [9.17, 15) is 9.59 Å². The van der Waals surface area contributed by atoms with E-state index in [-0.39, 0.29) is 17.9 Å². The van der Waals surface area contributed by atoms with Crippen molar-refractivity contribution in [2.75, 3.05) is 23.7 Å². The van der Waals surface area contributed by atoms with E-state index < -0.39 is 0 Å². The van der Waals surface area contributed by atoms with Crippen molar-refractivity contribution in [3.8, 4) is 5.69 Å². The maximum atomic E-state index is 12.9. The lowest BCUT2D eigenvalue weighted by atomic mass is 9.97. The Morgan fingerprint density at radius 2 is 1.74 bits per heavy atom. The maximum absolute atomic E-state index is 12.9. The number of anilines is 2. The van der Waals surface area contributed by atoms with Crippen LogP contribution in [0, 0.1) is 19.8 Å². The zero-order valence-corrected chi connectivity index (χ0v) is 17.8. The Bertz CT molecular complexity index is 1080. The summed E-state index contributed by atoms with van der Waals surface area (Å²) < 4.78 is 1.86. The number of carbonyl (C=O) groups excluding carboxylic acids is 2. The summed E-state index contributed by atoms with van der Waals surface area (Å²) in [5, 5.41) is 10.4. The van der Waals surface area contributed by atoms with E-state index in [1.54, 1.807) is 4.90 Å². The van der Waals surface area contributed by atoms with Gasteiger partial charge in [-0.2, -0.15) is 5.10 Å². The minimum absolute atomic E-state index is 0.0669. The number of rotatable bonds is 4. The highest BCUT2D eigenvalue weighted by molar-refractivity contribution is 5.94. The van der Waals surface area contributed by atoms with E-state index in [1.165, 1.54) is 0 Å². The number of amides is 3. The lowest BCUT2D eigenvalue weighted by molar-refractivity contribution is -0.121. The summed E-state index contributed by atoms with van der Waals surface area (Å²) in [5.41, 5.74) is 4.35. The summed E-state index contributed by atoms with van der Waals surface area (Å²) in [6, 6.07) is 18.9. The smallest absolute Gasteiger partial charge is 0.321 e. The van der Waals surface area contributed by atoms with E-state index in [2.05, 4.69) is 15.7 Å². The van der Waals surface area contributed by atoms with Crippen molar-refractivity contribution < 1.29 is 9.59 Å². The van der Waals surface area contributed by atoms with Crippen LogP contribution < -0.4 is 10.6 Å². The SMILES string of the molecule is Cc1cc(C)n(-c2cccc(NC(=O)C3CCCN(C(=O)Nc4ccccc4)C3)c2)n1. The van der Waals surface area contributed by atoms with Crippen LogP contribution in [0.1, 0.15) is 24.2 Å². The van der Waals surface area contributed by atoms with Gasteiger partial charge in [0.2, 0.25) is 5.91 Å². The monoisotopic (exact) mass is 417 g/mol. The van der Waals surface area contributed by atoms with Crippen molar-refractivity contribution in [2.24, 2.45) is 5.92 Å². The van der Waals surface area contributed by atoms with Crippen LogP contribution in [-0.2, 0) is 4.79 Å². The largest absolute Gasteiger partial charge is 0.326 e. The topological polar surface area (TPSA) is 79.3 Å². The first-order valence-electron chi connectivity index (χ1n) is 10.5. The van der Waals surface area contributed by atoms with Gasteiger partial charge in [-0.25, -0.2) is 9.48 Å². The van der Waals surface area contributed by atoms with Crippen LogP contribution in [0.25, 0.3) is 5.69 Å². The molecular formula is C24H27N5O2. The van der Waals surface area contributed by atoms with Crippen LogP contribution in [0.2, 0.25) is 0 Å². The molecule has 1 atom stereocenters. The van der Waals surface area contributed by atoms with Crippen LogP contribution in [-0.4, -0.2) is 39.7 Å². The Kier molecular flexibility index (Phi) is 6.02. The van der Waals surface area contributed by atoms with Gasteiger partial charge in [-0.15, -0.1) is 0 Å². The van der Waals surface area contributed by atoms with Crippen molar-refractivity contribution in [3.63, 3.8) is 0 Å². The van der Waals surface area contributed by atoms with Gasteiger partial charge < -0.3 is 15.5 Å². The Morgan fingerprint density at radius 3 is 2.48 bits per heavy atom. The third-order valence-corrected chi connectivity index (χ3v) is 5.47. The summed E-state index contributed by atoms with van der Waals surface area (Å²) in [6.45, 7) is 5.01. The number of para-hydroxylation sites is 1. The maximum Gasteiger partial charge on any atom is 0.321 e. The zero-order chi connectivity index (χ0) is 21.8. The number of urea groups is 1. The molecule has 3 aromatic rings. The molecule has 2 heterocycles. The predicted molar refractivity (Wildman–Crippen MR) is 121 cm³/mol. The van der Waals surface area contributed by atoms with Crippen LogP contribution >= 0.6 is 0 Å². The molecule has 1 fully saturated rings. The number of hydrogen-bond acceptors (Lipinski definition) is 3. The number of nitrogens with one attached hydrogen (secondary N) is 2. The van der Waals surface area contributed by atoms with E-state index in [0.29, 0.717) is 13.1 Å². The lowest BCUT2D eigenvalue weighted by Crippen LogP contribution is -2.45. The zero-order valence-electron chi connectivity index (χ0n) is 17.8. The van der Waals surface area contributed by atoms with Crippen molar-refractivity contribution in [1.29, 1.82) is 0 Å². The Labute approximate surface area is 182 Å². The highest BCUT2D eigenvalue weighted by atomic mass is 16.2. The fourth-order valence-electron chi connectivity index (χ4n) is 3.95. The number of piperidine rings is 1. The van der Waals surface area contributed by atoms with Crippen LogP contribution in [0.3, 0.4) is 0 Å². The van der Waals surface area contributed by atoms with Gasteiger partial charge in [0.1, 0.15) is 0 Å². The summed E-state index contributed by atoms with van der Waals surface area (Å²) in [6.07, 6.45) is 1.56. The molecule has 2 N–H and O–H groups in total. The summed E-state index contributed by atoms with van der Waals surface area (Å²) >= 11 is 0. The molecule has 3 amide bonds. The van der Waals surface area contributed by atoms with Crippen LogP contribution in [0.15, 0.2) is 60.7 Å². The lowest BCUT2D eigenvalue weighted by Gasteiger charge is -2.32. The van der Waals surface area contributed by atoms with Gasteiger partial charge in [0, 0.05) is 30.2 Å². The van der Waals surface area contributed by atoms with Crippen molar-refractivity contribution in [2.45, 2.75) is 26.7 Å². The minimum atomic E-state index is -0.243. The molecule has 0 bridgehead atoms. The Balaban J connectivity index is 1.40. The number of aromatic nitrogens is 2. The molecule has 0 aliphatic carbocycles. The molecule has 4 rings (SSSR count). The van der Waals surface area contributed by atoms with Crippen molar-refractivity contribution in [3.05, 3.63) is 72.1 Å². The summed E-state index contributed by atoms with van der Waals surface area (Å²) in [4.78, 5) is 27.2. The minimum Gasteiger partial charge on any atom is -0.326 e. The van der Waals surface area contributed by atoms with E-state index in [0.717, 1.165) is 41.3 Å². The molecule has 160 valence electrons. The second kappa shape index (κ2) is 9.04. The first-order valence-corrected chi connectivity index (χ1v) is 10.5. The first kappa shape index (κ1) is 20.7. The molecule has 7 heteroatoms. The molecule has 31 heavy (non-hydrogen) atoms. The predicted octanol–water partition coefficient (Wildman–Crippen LogP) is 4.37. The van der Waals surface area contributed by atoms with Gasteiger partial charge in [0.15, 0.2) is 0 Å². The molecule has 1 aliphatic rings. The fraction of sp³-hybridized carbons (Fsp3) is 0.292. The van der Waals surface area contributed by atoms with Crippen molar-refractivity contribution >= 4 is 23.3 Å². The number of benzene rings is 2. The first-order chi connectivity index (χ1) is 15.0. The molecule has 1 aliphatic heterocycles. The standard InChI is InChI=1S/C24H27N5O2/c1-17-14-18(2)29(27-17)22-12-6-11-21(15-22)25-23(30)19-8-7-13-28(16-19)24(31)26-20-9-4-3-5-10-20/h3-6,9-12,14-15,19H,7-8,13,16H2,1-2H3,(H,25,30)(H,26,31). The van der Waals surface area contributed by atoms with Gasteiger partial charge in [-0.3, -0.25) is 4.79 Å². The Morgan fingerprint density at radius 1 is 0.968 bits per heavy atom. The van der Waals surface area contributed by atoms with E-state index in [1.807, 2.05) is 79.2 Å². The van der Waals surface area contributed by atoms with Crippen LogP contribution in [0.4, 0.5) is 16.2 Å². The van der Waals surface area contributed by atoms with Crippen molar-refractivity contribution in [1.82, 2.24) is 14.7 Å². The van der Waals surface area contributed by atoms with Gasteiger partial charge >= 0.3 is 6.03 Å².